The SMILES string of the molecule is Cc1cccc(C(=O)CSc2ccc([N+](=O)[O-])cc2)c1. The Kier molecular flexibility index (Phi) is 4.53. The molecule has 0 bridgehead atoms. The summed E-state index contributed by atoms with van der Waals surface area (Å²) < 4.78 is 0. The van der Waals surface area contributed by atoms with Crippen LogP contribution >= 0.6 is 11.8 Å². The van der Waals surface area contributed by atoms with E-state index in [2.05, 4.69) is 0 Å². The first-order valence-corrected chi connectivity index (χ1v) is 7.02. The normalized spacial score (nSPS) is 10.2. The van der Waals surface area contributed by atoms with Gasteiger partial charge in [-0.15, -0.1) is 11.8 Å². The minimum Gasteiger partial charge on any atom is -0.293 e. The zero-order valence-electron chi connectivity index (χ0n) is 10.9. The molecule has 102 valence electrons. The highest BCUT2D eigenvalue weighted by Crippen LogP contribution is 2.22. The summed E-state index contributed by atoms with van der Waals surface area (Å²) in [5.74, 6) is 0.374. The van der Waals surface area contributed by atoms with Gasteiger partial charge in [0.15, 0.2) is 5.78 Å². The smallest absolute Gasteiger partial charge is 0.269 e. The molecule has 0 unspecified atom stereocenters. The molecule has 0 aromatic heterocycles. The summed E-state index contributed by atoms with van der Waals surface area (Å²) in [5.41, 5.74) is 1.80. The minimum atomic E-state index is -0.438. The number of nitro groups is 1. The van der Waals surface area contributed by atoms with Gasteiger partial charge in [-0.25, -0.2) is 0 Å². The van der Waals surface area contributed by atoms with Gasteiger partial charge in [-0.05, 0) is 25.1 Å². The van der Waals surface area contributed by atoms with Gasteiger partial charge in [0.25, 0.3) is 5.69 Å². The number of ketones is 1. The van der Waals surface area contributed by atoms with Crippen molar-refractivity contribution in [3.05, 3.63) is 69.8 Å². The van der Waals surface area contributed by atoms with Crippen molar-refractivity contribution in [1.82, 2.24) is 0 Å². The molecule has 0 aliphatic carbocycles. The van der Waals surface area contributed by atoms with Gasteiger partial charge in [0.05, 0.1) is 10.7 Å². The molecular weight excluding hydrogens is 274 g/mol. The van der Waals surface area contributed by atoms with Crippen molar-refractivity contribution in [2.24, 2.45) is 0 Å². The number of hydrogen-bond donors (Lipinski definition) is 0. The summed E-state index contributed by atoms with van der Waals surface area (Å²) in [6.07, 6.45) is 0. The molecule has 0 atom stereocenters. The predicted octanol–water partition coefficient (Wildman–Crippen LogP) is 3.88. The van der Waals surface area contributed by atoms with E-state index in [1.165, 1.54) is 23.9 Å². The first kappa shape index (κ1) is 14.3. The van der Waals surface area contributed by atoms with Crippen LogP contribution in [0, 0.1) is 17.0 Å². The molecule has 4 nitrogen and oxygen atoms in total. The highest BCUT2D eigenvalue weighted by molar-refractivity contribution is 8.00. The molecule has 5 heteroatoms. The Morgan fingerprint density at radius 1 is 1.20 bits per heavy atom. The number of carbonyl (C=O) groups is 1. The van der Waals surface area contributed by atoms with Gasteiger partial charge in [0.1, 0.15) is 0 Å². The maximum atomic E-state index is 12.0. The molecule has 0 saturated carbocycles. The van der Waals surface area contributed by atoms with E-state index in [-0.39, 0.29) is 11.5 Å². The predicted molar refractivity (Wildman–Crippen MR) is 79.3 cm³/mol. The minimum absolute atomic E-state index is 0.0528. The van der Waals surface area contributed by atoms with E-state index in [0.29, 0.717) is 11.3 Å². The average molecular weight is 287 g/mol. The van der Waals surface area contributed by atoms with Crippen LogP contribution in [0.3, 0.4) is 0 Å². The summed E-state index contributed by atoms with van der Waals surface area (Å²) in [6.45, 7) is 1.94. The lowest BCUT2D eigenvalue weighted by Crippen LogP contribution is -2.02. The molecule has 0 saturated heterocycles. The van der Waals surface area contributed by atoms with Crippen LogP contribution in [-0.2, 0) is 0 Å². The van der Waals surface area contributed by atoms with E-state index in [0.717, 1.165) is 10.5 Å². The molecule has 2 aromatic carbocycles. The zero-order valence-corrected chi connectivity index (χ0v) is 11.7. The van der Waals surface area contributed by atoms with Crippen molar-refractivity contribution >= 4 is 23.2 Å². The Morgan fingerprint density at radius 3 is 2.50 bits per heavy atom. The summed E-state index contributed by atoms with van der Waals surface area (Å²) in [5, 5.41) is 10.5. The fraction of sp³-hybridized carbons (Fsp3) is 0.133. The average Bonchev–Trinajstić information content (AvgIpc) is 2.45. The molecule has 0 amide bonds. The quantitative estimate of drug-likeness (QED) is 0.362. The number of nitro benzene ring substituents is 1. The molecule has 0 radical (unpaired) electrons. The van der Waals surface area contributed by atoms with Gasteiger partial charge in [0, 0.05) is 22.6 Å². The zero-order chi connectivity index (χ0) is 14.5. The third-order valence-electron chi connectivity index (χ3n) is 2.76. The van der Waals surface area contributed by atoms with Gasteiger partial charge < -0.3 is 0 Å². The summed E-state index contributed by atoms with van der Waals surface area (Å²) >= 11 is 1.38. The van der Waals surface area contributed by atoms with Crippen molar-refractivity contribution in [2.45, 2.75) is 11.8 Å². The molecule has 20 heavy (non-hydrogen) atoms. The molecule has 0 aliphatic heterocycles. The van der Waals surface area contributed by atoms with E-state index in [1.807, 2.05) is 25.1 Å². The molecule has 0 N–H and O–H groups in total. The van der Waals surface area contributed by atoms with Crippen LogP contribution in [0.25, 0.3) is 0 Å². The largest absolute Gasteiger partial charge is 0.293 e. The van der Waals surface area contributed by atoms with E-state index >= 15 is 0 Å². The van der Waals surface area contributed by atoms with Crippen LogP contribution in [0.15, 0.2) is 53.4 Å². The number of carbonyl (C=O) groups excluding carboxylic acids is 1. The molecule has 0 fully saturated rings. The fourth-order valence-corrected chi connectivity index (χ4v) is 2.51. The maximum absolute atomic E-state index is 12.0. The second kappa shape index (κ2) is 6.34. The number of Topliss-reactive ketones (excluding diaryl/α,β-unsaturated/α-hetero) is 1. The van der Waals surface area contributed by atoms with Crippen LogP contribution in [0.1, 0.15) is 15.9 Å². The summed E-state index contributed by atoms with van der Waals surface area (Å²) in [7, 11) is 0. The lowest BCUT2D eigenvalue weighted by Gasteiger charge is -2.02. The Labute approximate surface area is 121 Å². The fourth-order valence-electron chi connectivity index (χ4n) is 1.71. The van der Waals surface area contributed by atoms with Crippen molar-refractivity contribution < 1.29 is 9.72 Å². The van der Waals surface area contributed by atoms with Crippen molar-refractivity contribution in [1.29, 1.82) is 0 Å². The maximum Gasteiger partial charge on any atom is 0.269 e. The summed E-state index contributed by atoms with van der Waals surface area (Å²) in [6, 6.07) is 13.7. The second-order valence-electron chi connectivity index (χ2n) is 4.33. The number of nitrogens with zero attached hydrogens (tertiary/aromatic N) is 1. The molecular formula is C15H13NO3S. The number of thioether (sulfide) groups is 1. The number of aryl methyl sites for hydroxylation is 1. The molecule has 2 rings (SSSR count). The lowest BCUT2D eigenvalue weighted by molar-refractivity contribution is -0.384. The van der Waals surface area contributed by atoms with E-state index in [4.69, 9.17) is 0 Å². The molecule has 2 aromatic rings. The molecule has 0 heterocycles. The van der Waals surface area contributed by atoms with E-state index in [9.17, 15) is 14.9 Å². The van der Waals surface area contributed by atoms with E-state index < -0.39 is 4.92 Å². The highest BCUT2D eigenvalue weighted by Gasteiger charge is 2.08. The Balaban J connectivity index is 1.98. The van der Waals surface area contributed by atoms with Crippen LogP contribution in [-0.4, -0.2) is 16.5 Å². The molecule has 0 spiro atoms. The monoisotopic (exact) mass is 287 g/mol. The van der Waals surface area contributed by atoms with Crippen LogP contribution < -0.4 is 0 Å². The van der Waals surface area contributed by atoms with E-state index in [1.54, 1.807) is 18.2 Å². The first-order valence-electron chi connectivity index (χ1n) is 6.03. The third kappa shape index (κ3) is 3.68. The Bertz CT molecular complexity index is 638. The second-order valence-corrected chi connectivity index (χ2v) is 5.38. The Hall–Kier alpha value is -2.14. The van der Waals surface area contributed by atoms with Crippen molar-refractivity contribution in [2.75, 3.05) is 5.75 Å². The number of benzene rings is 2. The lowest BCUT2D eigenvalue weighted by atomic mass is 10.1. The van der Waals surface area contributed by atoms with Crippen molar-refractivity contribution in [3.63, 3.8) is 0 Å². The van der Waals surface area contributed by atoms with Gasteiger partial charge >= 0.3 is 0 Å². The highest BCUT2D eigenvalue weighted by atomic mass is 32.2. The standard InChI is InChI=1S/C15H13NO3S/c1-11-3-2-4-12(9-11)15(17)10-20-14-7-5-13(6-8-14)16(18)19/h2-9H,10H2,1H3. The third-order valence-corrected chi connectivity index (χ3v) is 3.77. The van der Waals surface area contributed by atoms with Crippen LogP contribution in [0.5, 0.6) is 0 Å². The number of hydrogen-bond acceptors (Lipinski definition) is 4. The Morgan fingerprint density at radius 2 is 1.90 bits per heavy atom. The molecule has 0 aliphatic rings. The van der Waals surface area contributed by atoms with Gasteiger partial charge in [-0.2, -0.15) is 0 Å². The van der Waals surface area contributed by atoms with Crippen LogP contribution in [0.4, 0.5) is 5.69 Å². The van der Waals surface area contributed by atoms with Gasteiger partial charge in [-0.3, -0.25) is 14.9 Å². The van der Waals surface area contributed by atoms with Crippen LogP contribution in [0.2, 0.25) is 0 Å². The summed E-state index contributed by atoms with van der Waals surface area (Å²) in [4.78, 5) is 23.0. The van der Waals surface area contributed by atoms with Crippen molar-refractivity contribution in [3.8, 4) is 0 Å². The number of rotatable bonds is 5. The number of non-ortho nitro benzene ring substituents is 1. The van der Waals surface area contributed by atoms with Gasteiger partial charge in [0.2, 0.25) is 0 Å². The topological polar surface area (TPSA) is 60.2 Å². The van der Waals surface area contributed by atoms with Gasteiger partial charge in [-0.1, -0.05) is 23.8 Å². The first-order chi connectivity index (χ1) is 9.56.